The highest BCUT2D eigenvalue weighted by Crippen LogP contribution is 2.27. The molecule has 2 rings (SSSR count). The Kier molecular flexibility index (Phi) is 7.58. The van der Waals surface area contributed by atoms with Crippen LogP contribution in [0.5, 0.6) is 5.75 Å². The van der Waals surface area contributed by atoms with Crippen molar-refractivity contribution in [1.29, 1.82) is 0 Å². The van der Waals surface area contributed by atoms with Gasteiger partial charge >= 0.3 is 5.97 Å². The first-order valence-electron chi connectivity index (χ1n) is 9.40. The van der Waals surface area contributed by atoms with Gasteiger partial charge in [0.2, 0.25) is 10.0 Å². The fourth-order valence-corrected chi connectivity index (χ4v) is 3.34. The van der Waals surface area contributed by atoms with Crippen LogP contribution in [-0.4, -0.2) is 33.5 Å². The number of benzene rings is 2. The number of nitrogens with two attached hydrogens (primary N) is 1. The van der Waals surface area contributed by atoms with Crippen LogP contribution < -0.4 is 15.2 Å². The number of nitrogens with one attached hydrogen (secondary N) is 1. The van der Waals surface area contributed by atoms with Crippen LogP contribution in [0.1, 0.15) is 49.0 Å². The van der Waals surface area contributed by atoms with E-state index in [0.29, 0.717) is 5.69 Å². The molecule has 30 heavy (non-hydrogen) atoms. The summed E-state index contributed by atoms with van der Waals surface area (Å²) in [4.78, 5) is 24.9. The second-order valence-electron chi connectivity index (χ2n) is 6.84. The van der Waals surface area contributed by atoms with E-state index >= 15 is 0 Å². The highest BCUT2D eigenvalue weighted by Gasteiger charge is 2.24. The second kappa shape index (κ2) is 9.73. The molecule has 9 heteroatoms. The van der Waals surface area contributed by atoms with Gasteiger partial charge in [0.05, 0.1) is 12.0 Å². The van der Waals surface area contributed by atoms with Crippen molar-refractivity contribution in [3.63, 3.8) is 0 Å². The fourth-order valence-electron chi connectivity index (χ4n) is 2.80. The predicted octanol–water partition coefficient (Wildman–Crippen LogP) is 3.04. The Bertz CT molecular complexity index is 1040. The molecule has 0 aromatic heterocycles. The van der Waals surface area contributed by atoms with Crippen molar-refractivity contribution in [3.05, 3.63) is 53.6 Å². The lowest BCUT2D eigenvalue weighted by atomic mass is 9.97. The summed E-state index contributed by atoms with van der Waals surface area (Å²) >= 11 is 0. The van der Waals surface area contributed by atoms with Crippen molar-refractivity contribution in [3.8, 4) is 5.75 Å². The number of sulfonamides is 1. The minimum atomic E-state index is -4.03. The number of anilines is 1. The van der Waals surface area contributed by atoms with E-state index in [1.165, 1.54) is 26.2 Å². The lowest BCUT2D eigenvalue weighted by Crippen LogP contribution is -2.30. The molecule has 2 aromatic carbocycles. The Morgan fingerprint density at radius 1 is 1.13 bits per heavy atom. The number of amides is 1. The summed E-state index contributed by atoms with van der Waals surface area (Å²) in [6.07, 6.45) is -0.234. The molecule has 0 aliphatic heterocycles. The Labute approximate surface area is 176 Å². The van der Waals surface area contributed by atoms with Gasteiger partial charge in [0, 0.05) is 5.69 Å². The lowest BCUT2D eigenvalue weighted by Gasteiger charge is -2.18. The van der Waals surface area contributed by atoms with Gasteiger partial charge in [0.25, 0.3) is 5.91 Å². The van der Waals surface area contributed by atoms with E-state index in [1.54, 1.807) is 6.07 Å². The van der Waals surface area contributed by atoms with Gasteiger partial charge in [-0.25, -0.2) is 18.4 Å². The molecule has 0 fully saturated rings. The Hall–Kier alpha value is -2.91. The number of carbonyl (C=O) groups excluding carboxylic acids is 2. The molecule has 0 spiro atoms. The summed E-state index contributed by atoms with van der Waals surface area (Å²) in [5.74, 6) is -1.08. The van der Waals surface area contributed by atoms with Gasteiger partial charge in [-0.2, -0.15) is 0 Å². The van der Waals surface area contributed by atoms with E-state index in [0.717, 1.165) is 18.1 Å². The number of primary sulfonamides is 1. The molecule has 2 unspecified atom stereocenters. The fraction of sp³-hybridized carbons (Fsp3) is 0.333. The number of carbonyl (C=O) groups is 2. The molecule has 0 saturated heterocycles. The summed E-state index contributed by atoms with van der Waals surface area (Å²) in [5, 5.41) is 7.90. The molecule has 3 N–H and O–H groups in total. The maximum absolute atomic E-state index is 12.6. The molecule has 0 aliphatic rings. The molecule has 0 aliphatic carbocycles. The van der Waals surface area contributed by atoms with Gasteiger partial charge in [-0.15, -0.1) is 0 Å². The van der Waals surface area contributed by atoms with Crippen LogP contribution in [0.4, 0.5) is 5.69 Å². The standard InChI is InChI=1S/C21H26N2O6S/c1-5-13(2)16-8-6-7-9-18(16)23-20(24)14(3)29-21(25)17-12-15(30(22,26)27)10-11-19(17)28-4/h6-14H,5H2,1-4H3,(H,23,24)(H2,22,26,27). The number of rotatable bonds is 8. The SMILES string of the molecule is CCC(C)c1ccccc1NC(=O)C(C)OC(=O)c1cc(S(N)(=O)=O)ccc1OC. The van der Waals surface area contributed by atoms with E-state index in [1.807, 2.05) is 18.2 Å². The largest absolute Gasteiger partial charge is 0.496 e. The lowest BCUT2D eigenvalue weighted by molar-refractivity contribution is -0.123. The first-order valence-corrected chi connectivity index (χ1v) is 10.9. The molecule has 2 atom stereocenters. The third-order valence-corrected chi connectivity index (χ3v) is 5.65. The van der Waals surface area contributed by atoms with Crippen molar-refractivity contribution < 1.29 is 27.5 Å². The molecule has 162 valence electrons. The zero-order valence-corrected chi connectivity index (χ0v) is 18.2. The highest BCUT2D eigenvalue weighted by atomic mass is 32.2. The maximum atomic E-state index is 12.6. The zero-order chi connectivity index (χ0) is 22.5. The maximum Gasteiger partial charge on any atom is 0.342 e. The number of hydrogen-bond acceptors (Lipinski definition) is 6. The van der Waals surface area contributed by atoms with Crippen LogP contribution in [0, 0.1) is 0 Å². The molecule has 0 radical (unpaired) electrons. The van der Waals surface area contributed by atoms with Gasteiger partial charge in [-0.3, -0.25) is 4.79 Å². The van der Waals surface area contributed by atoms with Crippen molar-refractivity contribution in [2.24, 2.45) is 5.14 Å². The molecule has 8 nitrogen and oxygen atoms in total. The summed E-state index contributed by atoms with van der Waals surface area (Å²) < 4.78 is 33.5. The van der Waals surface area contributed by atoms with Gasteiger partial charge in [-0.05, 0) is 49.1 Å². The molecular formula is C21H26N2O6S. The second-order valence-corrected chi connectivity index (χ2v) is 8.40. The van der Waals surface area contributed by atoms with Crippen LogP contribution in [0.3, 0.4) is 0 Å². The smallest absolute Gasteiger partial charge is 0.342 e. The quantitative estimate of drug-likeness (QED) is 0.615. The Morgan fingerprint density at radius 3 is 2.40 bits per heavy atom. The van der Waals surface area contributed by atoms with Crippen LogP contribution in [-0.2, 0) is 19.6 Å². The minimum absolute atomic E-state index is 0.0992. The summed E-state index contributed by atoms with van der Waals surface area (Å²) in [6.45, 7) is 5.53. The first kappa shape index (κ1) is 23.4. The number of ether oxygens (including phenoxy) is 2. The average Bonchev–Trinajstić information content (AvgIpc) is 2.72. The van der Waals surface area contributed by atoms with Gasteiger partial charge in [0.1, 0.15) is 11.3 Å². The summed E-state index contributed by atoms with van der Waals surface area (Å²) in [6, 6.07) is 11.0. The van der Waals surface area contributed by atoms with Crippen LogP contribution in [0.15, 0.2) is 47.4 Å². The number of methoxy groups -OCH3 is 1. The van der Waals surface area contributed by atoms with Crippen molar-refractivity contribution in [2.45, 2.75) is 44.1 Å². The summed E-state index contributed by atoms with van der Waals surface area (Å²) in [7, 11) is -2.70. The van der Waals surface area contributed by atoms with Gasteiger partial charge < -0.3 is 14.8 Å². The number of hydrogen-bond donors (Lipinski definition) is 2. The normalized spacial score (nSPS) is 13.2. The third-order valence-electron chi connectivity index (χ3n) is 4.73. The monoisotopic (exact) mass is 434 g/mol. The average molecular weight is 435 g/mol. The molecule has 0 heterocycles. The molecule has 2 aromatic rings. The third kappa shape index (κ3) is 5.58. The molecular weight excluding hydrogens is 408 g/mol. The number of para-hydroxylation sites is 1. The van der Waals surface area contributed by atoms with E-state index in [4.69, 9.17) is 14.6 Å². The van der Waals surface area contributed by atoms with E-state index < -0.39 is 28.0 Å². The Morgan fingerprint density at radius 2 is 1.80 bits per heavy atom. The van der Waals surface area contributed by atoms with Crippen molar-refractivity contribution >= 4 is 27.6 Å². The zero-order valence-electron chi connectivity index (χ0n) is 17.3. The van der Waals surface area contributed by atoms with Gasteiger partial charge in [0.15, 0.2) is 6.10 Å². The first-order chi connectivity index (χ1) is 14.1. The van der Waals surface area contributed by atoms with Gasteiger partial charge in [-0.1, -0.05) is 32.0 Å². The topological polar surface area (TPSA) is 125 Å². The van der Waals surface area contributed by atoms with E-state index in [-0.39, 0.29) is 22.1 Å². The summed E-state index contributed by atoms with van der Waals surface area (Å²) in [5.41, 5.74) is 1.48. The van der Waals surface area contributed by atoms with E-state index in [9.17, 15) is 18.0 Å². The minimum Gasteiger partial charge on any atom is -0.496 e. The molecule has 0 saturated carbocycles. The number of esters is 1. The molecule has 1 amide bonds. The van der Waals surface area contributed by atoms with Crippen LogP contribution >= 0.6 is 0 Å². The van der Waals surface area contributed by atoms with E-state index in [2.05, 4.69) is 19.2 Å². The Balaban J connectivity index is 2.19. The highest BCUT2D eigenvalue weighted by molar-refractivity contribution is 7.89. The van der Waals surface area contributed by atoms with Crippen molar-refractivity contribution in [2.75, 3.05) is 12.4 Å². The molecule has 0 bridgehead atoms. The van der Waals surface area contributed by atoms with Crippen LogP contribution in [0.25, 0.3) is 0 Å². The van der Waals surface area contributed by atoms with Crippen LogP contribution in [0.2, 0.25) is 0 Å². The predicted molar refractivity (Wildman–Crippen MR) is 113 cm³/mol. The van der Waals surface area contributed by atoms with Crippen molar-refractivity contribution in [1.82, 2.24) is 0 Å².